The Balaban J connectivity index is 2.63. The fourth-order valence-corrected chi connectivity index (χ4v) is 1.45. The second-order valence-corrected chi connectivity index (χ2v) is 3.74. The summed E-state index contributed by atoms with van der Waals surface area (Å²) in [6, 6.07) is 5.26. The fourth-order valence-electron chi connectivity index (χ4n) is 1.45. The molecule has 0 saturated heterocycles. The normalized spacial score (nSPS) is 11.4. The molecule has 1 aromatic rings. The highest BCUT2D eigenvalue weighted by Gasteiger charge is 2.07. The lowest BCUT2D eigenvalue weighted by molar-refractivity contribution is 0.0699. The van der Waals surface area contributed by atoms with Crippen molar-refractivity contribution in [2.75, 3.05) is 33.5 Å². The summed E-state index contributed by atoms with van der Waals surface area (Å²) < 4.78 is 15.8. The van der Waals surface area contributed by atoms with Crippen molar-refractivity contribution < 1.29 is 24.5 Å². The van der Waals surface area contributed by atoms with E-state index in [0.29, 0.717) is 37.0 Å². The van der Waals surface area contributed by atoms with Gasteiger partial charge >= 0.3 is 0 Å². The summed E-state index contributed by atoms with van der Waals surface area (Å²) in [6.45, 7) is 2.74. The number of oxime groups is 1. The number of nitrogens with zero attached hydrogens (tertiary/aromatic N) is 1. The van der Waals surface area contributed by atoms with Crippen LogP contribution in [0.4, 0.5) is 0 Å². The van der Waals surface area contributed by atoms with Gasteiger partial charge in [0.05, 0.1) is 32.6 Å². The van der Waals surface area contributed by atoms with Gasteiger partial charge in [-0.15, -0.1) is 0 Å². The largest absolute Gasteiger partial charge is 0.493 e. The fraction of sp³-hybridized carbons (Fsp3) is 0.462. The van der Waals surface area contributed by atoms with Crippen molar-refractivity contribution >= 4 is 5.71 Å². The van der Waals surface area contributed by atoms with Crippen LogP contribution in [0.15, 0.2) is 23.4 Å². The van der Waals surface area contributed by atoms with Gasteiger partial charge in [0.15, 0.2) is 11.5 Å². The zero-order valence-corrected chi connectivity index (χ0v) is 11.1. The molecule has 0 unspecified atom stereocenters. The number of rotatable bonds is 8. The van der Waals surface area contributed by atoms with Crippen LogP contribution in [0.25, 0.3) is 0 Å². The molecule has 1 aromatic carbocycles. The van der Waals surface area contributed by atoms with Crippen molar-refractivity contribution in [1.29, 1.82) is 0 Å². The van der Waals surface area contributed by atoms with Crippen molar-refractivity contribution in [3.05, 3.63) is 23.8 Å². The van der Waals surface area contributed by atoms with E-state index in [2.05, 4.69) is 5.16 Å². The van der Waals surface area contributed by atoms with E-state index in [1.165, 1.54) is 0 Å². The van der Waals surface area contributed by atoms with Crippen molar-refractivity contribution in [3.63, 3.8) is 0 Å². The zero-order valence-electron chi connectivity index (χ0n) is 11.1. The maximum atomic E-state index is 8.72. The van der Waals surface area contributed by atoms with Crippen LogP contribution < -0.4 is 9.47 Å². The Labute approximate surface area is 112 Å². The molecule has 0 aromatic heterocycles. The summed E-state index contributed by atoms with van der Waals surface area (Å²) >= 11 is 0. The summed E-state index contributed by atoms with van der Waals surface area (Å²) in [5, 5.41) is 20.4. The molecule has 6 nitrogen and oxygen atoms in total. The molecule has 0 aliphatic heterocycles. The van der Waals surface area contributed by atoms with Crippen LogP contribution >= 0.6 is 0 Å². The number of hydrogen-bond acceptors (Lipinski definition) is 6. The van der Waals surface area contributed by atoms with Gasteiger partial charge in [-0.3, -0.25) is 0 Å². The van der Waals surface area contributed by atoms with E-state index < -0.39 is 0 Å². The summed E-state index contributed by atoms with van der Waals surface area (Å²) in [5.74, 6) is 1.15. The maximum Gasteiger partial charge on any atom is 0.161 e. The molecule has 6 heteroatoms. The van der Waals surface area contributed by atoms with E-state index in [0.717, 1.165) is 5.56 Å². The van der Waals surface area contributed by atoms with Crippen molar-refractivity contribution in [3.8, 4) is 11.5 Å². The average molecular weight is 269 g/mol. The summed E-state index contributed by atoms with van der Waals surface area (Å²) in [6.07, 6.45) is 0. The molecular formula is C13H19NO5. The Kier molecular flexibility index (Phi) is 6.70. The summed E-state index contributed by atoms with van der Waals surface area (Å²) in [5.41, 5.74) is 1.25. The number of ether oxygens (including phenoxy) is 3. The number of methoxy groups -OCH3 is 1. The van der Waals surface area contributed by atoms with E-state index in [4.69, 9.17) is 24.5 Å². The monoisotopic (exact) mass is 269 g/mol. The van der Waals surface area contributed by atoms with Crippen LogP contribution in [-0.2, 0) is 4.74 Å². The first-order valence-corrected chi connectivity index (χ1v) is 5.91. The third-order valence-corrected chi connectivity index (χ3v) is 2.45. The molecular weight excluding hydrogens is 250 g/mol. The Morgan fingerprint density at radius 2 is 2.00 bits per heavy atom. The first-order valence-electron chi connectivity index (χ1n) is 5.91. The molecule has 19 heavy (non-hydrogen) atoms. The van der Waals surface area contributed by atoms with Crippen LogP contribution in [0.3, 0.4) is 0 Å². The highest BCUT2D eigenvalue weighted by Crippen LogP contribution is 2.28. The predicted molar refractivity (Wildman–Crippen MR) is 70.4 cm³/mol. The lowest BCUT2D eigenvalue weighted by Gasteiger charge is -2.12. The van der Waals surface area contributed by atoms with Crippen LogP contribution in [-0.4, -0.2) is 49.6 Å². The van der Waals surface area contributed by atoms with Crippen molar-refractivity contribution in [1.82, 2.24) is 0 Å². The van der Waals surface area contributed by atoms with Crippen LogP contribution in [0.1, 0.15) is 12.5 Å². The standard InChI is InChI=1S/C13H19NO5/c1-10(14-16)11-3-4-12(13(9-11)17-2)19-8-7-18-6-5-15/h3-4,9,15-16H,5-8H2,1-2H3/b14-10+. The van der Waals surface area contributed by atoms with Gasteiger partial charge in [-0.25, -0.2) is 0 Å². The number of hydrogen-bond donors (Lipinski definition) is 2. The van der Waals surface area contributed by atoms with Gasteiger partial charge in [-0.05, 0) is 25.1 Å². The molecule has 0 amide bonds. The summed E-state index contributed by atoms with van der Waals surface area (Å²) in [7, 11) is 1.54. The lowest BCUT2D eigenvalue weighted by Crippen LogP contribution is -2.09. The molecule has 0 aliphatic carbocycles. The molecule has 0 spiro atoms. The minimum Gasteiger partial charge on any atom is -0.493 e. The third-order valence-electron chi connectivity index (χ3n) is 2.45. The first-order chi connectivity index (χ1) is 9.22. The lowest BCUT2D eigenvalue weighted by atomic mass is 10.1. The third kappa shape index (κ3) is 4.76. The van der Waals surface area contributed by atoms with Crippen LogP contribution in [0.2, 0.25) is 0 Å². The van der Waals surface area contributed by atoms with Gasteiger partial charge in [0.1, 0.15) is 6.61 Å². The highest BCUT2D eigenvalue weighted by molar-refractivity contribution is 5.98. The Morgan fingerprint density at radius 1 is 1.21 bits per heavy atom. The molecule has 0 atom stereocenters. The summed E-state index contributed by atoms with van der Waals surface area (Å²) in [4.78, 5) is 0. The topological polar surface area (TPSA) is 80.5 Å². The highest BCUT2D eigenvalue weighted by atomic mass is 16.5. The molecule has 0 radical (unpaired) electrons. The molecule has 1 rings (SSSR count). The van der Waals surface area contributed by atoms with Gasteiger partial charge in [-0.1, -0.05) is 5.16 Å². The van der Waals surface area contributed by atoms with E-state index in [1.54, 1.807) is 32.2 Å². The number of aliphatic hydroxyl groups is 1. The predicted octanol–water partition coefficient (Wildman–Crippen LogP) is 1.28. The number of aliphatic hydroxyl groups excluding tert-OH is 1. The van der Waals surface area contributed by atoms with E-state index >= 15 is 0 Å². The van der Waals surface area contributed by atoms with Gasteiger partial charge < -0.3 is 24.5 Å². The zero-order chi connectivity index (χ0) is 14.1. The molecule has 0 heterocycles. The molecule has 2 N–H and O–H groups in total. The first kappa shape index (κ1) is 15.3. The second-order valence-electron chi connectivity index (χ2n) is 3.74. The van der Waals surface area contributed by atoms with Gasteiger partial charge in [0.2, 0.25) is 0 Å². The molecule has 0 fully saturated rings. The van der Waals surface area contributed by atoms with Crippen LogP contribution in [0, 0.1) is 0 Å². The van der Waals surface area contributed by atoms with E-state index in [9.17, 15) is 0 Å². The van der Waals surface area contributed by atoms with Gasteiger partial charge in [0, 0.05) is 5.56 Å². The maximum absolute atomic E-state index is 8.72. The van der Waals surface area contributed by atoms with Crippen LogP contribution in [0.5, 0.6) is 11.5 Å². The van der Waals surface area contributed by atoms with Gasteiger partial charge in [0.25, 0.3) is 0 Å². The minimum absolute atomic E-state index is 0.00219. The quantitative estimate of drug-likeness (QED) is 0.321. The van der Waals surface area contributed by atoms with Crippen molar-refractivity contribution in [2.24, 2.45) is 5.16 Å². The average Bonchev–Trinajstić information content (AvgIpc) is 2.46. The Bertz CT molecular complexity index is 419. The van der Waals surface area contributed by atoms with Crippen molar-refractivity contribution in [2.45, 2.75) is 6.92 Å². The molecule has 106 valence electrons. The van der Waals surface area contributed by atoms with E-state index in [-0.39, 0.29) is 6.61 Å². The molecule has 0 aliphatic rings. The Hall–Kier alpha value is -1.79. The van der Waals surface area contributed by atoms with E-state index in [1.807, 2.05) is 0 Å². The molecule has 0 bridgehead atoms. The molecule has 0 saturated carbocycles. The second kappa shape index (κ2) is 8.34. The van der Waals surface area contributed by atoms with Gasteiger partial charge in [-0.2, -0.15) is 0 Å². The Morgan fingerprint density at radius 3 is 2.63 bits per heavy atom. The smallest absolute Gasteiger partial charge is 0.161 e. The number of benzene rings is 1. The minimum atomic E-state index is -0.00219. The SMILES string of the molecule is COc1cc(/C(C)=N/O)ccc1OCCOCCO.